The van der Waals surface area contributed by atoms with Crippen LogP contribution in [-0.4, -0.2) is 38.1 Å². The number of hydrogen-bond acceptors (Lipinski definition) is 3. The highest BCUT2D eigenvalue weighted by molar-refractivity contribution is 6.35. The van der Waals surface area contributed by atoms with Crippen molar-refractivity contribution in [2.75, 3.05) is 32.6 Å². The zero-order valence-corrected chi connectivity index (χ0v) is 18.7. The van der Waals surface area contributed by atoms with Crippen molar-refractivity contribution in [1.29, 1.82) is 0 Å². The lowest BCUT2D eigenvalue weighted by molar-refractivity contribution is -0.137. The molecule has 1 amide bonds. The molecule has 0 bridgehead atoms. The lowest BCUT2D eigenvalue weighted by Crippen LogP contribution is -2.15. The van der Waals surface area contributed by atoms with Gasteiger partial charge in [0.25, 0.3) is 5.91 Å². The Labute approximate surface area is 191 Å². The highest BCUT2D eigenvalue weighted by Gasteiger charge is 2.33. The fourth-order valence-corrected chi connectivity index (χ4v) is 4.10. The van der Waals surface area contributed by atoms with Crippen LogP contribution in [0.25, 0.3) is 22.8 Å². The minimum atomic E-state index is -4.47. The van der Waals surface area contributed by atoms with Crippen LogP contribution in [0.1, 0.15) is 28.7 Å². The van der Waals surface area contributed by atoms with Crippen LogP contribution in [0.4, 0.5) is 18.9 Å². The number of amides is 1. The summed E-state index contributed by atoms with van der Waals surface area (Å²) in [6, 6.07) is 13.0. The molecule has 1 N–H and O–H groups in total. The van der Waals surface area contributed by atoms with Gasteiger partial charge in [-0.1, -0.05) is 30.3 Å². The topological polar surface area (TPSA) is 41.6 Å². The lowest BCUT2D eigenvalue weighted by Gasteiger charge is -2.12. The molecule has 4 rings (SSSR count). The molecule has 0 saturated heterocycles. The Bertz CT molecular complexity index is 1200. The molecule has 4 nitrogen and oxygen atoms in total. The van der Waals surface area contributed by atoms with E-state index in [0.29, 0.717) is 17.7 Å². The number of fused-ring (bicyclic) bond motifs is 2. The summed E-state index contributed by atoms with van der Waals surface area (Å²) in [4.78, 5) is 14.7. The summed E-state index contributed by atoms with van der Waals surface area (Å²) < 4.78 is 45.3. The molecule has 0 spiro atoms. The van der Waals surface area contributed by atoms with Crippen LogP contribution >= 0.6 is 0 Å². The first-order chi connectivity index (χ1) is 15.6. The summed E-state index contributed by atoms with van der Waals surface area (Å²) in [5.41, 5.74) is 3.87. The highest BCUT2D eigenvalue weighted by Crippen LogP contribution is 2.42. The van der Waals surface area contributed by atoms with Crippen molar-refractivity contribution in [3.8, 4) is 16.9 Å². The summed E-state index contributed by atoms with van der Waals surface area (Å²) >= 11 is 0. The molecule has 7 heteroatoms. The summed E-state index contributed by atoms with van der Waals surface area (Å²) in [7, 11) is 4.03. The number of alkyl halides is 3. The summed E-state index contributed by atoms with van der Waals surface area (Å²) in [5, 5.41) is 2.56. The fraction of sp³-hybridized carbons (Fsp3) is 0.269. The molecule has 0 aromatic heterocycles. The molecule has 0 radical (unpaired) electrons. The number of nitrogens with one attached hydrogen (secondary N) is 1. The Balaban J connectivity index is 1.68. The predicted molar refractivity (Wildman–Crippen MR) is 124 cm³/mol. The first-order valence-electron chi connectivity index (χ1n) is 10.7. The van der Waals surface area contributed by atoms with Crippen LogP contribution in [-0.2, 0) is 11.0 Å². The van der Waals surface area contributed by atoms with E-state index in [0.717, 1.165) is 53.1 Å². The predicted octanol–water partition coefficient (Wildman–Crippen LogP) is 5.94. The number of nitrogens with zero attached hydrogens (tertiary/aromatic N) is 1. The van der Waals surface area contributed by atoms with Crippen LogP contribution in [0.2, 0.25) is 0 Å². The van der Waals surface area contributed by atoms with Gasteiger partial charge in [-0.25, -0.2) is 0 Å². The maximum atomic E-state index is 13.1. The summed E-state index contributed by atoms with van der Waals surface area (Å²) in [6.45, 7) is 3.48. The molecule has 1 aromatic carbocycles. The van der Waals surface area contributed by atoms with Crippen LogP contribution in [0.3, 0.4) is 0 Å². The zero-order chi connectivity index (χ0) is 23.8. The standard InChI is InChI=1S/C26H25F3N2O2/c1-16-13-17(19-7-4-5-8-23(24(16)19)33-12-6-11-31(2)3)14-21-20-10-9-18(26(27,28)29)15-22(20)30-25(21)32/h4-5,7-10,13-15H,6,11-12H2,1-3H3,(H,30,32)/b21-14+. The first kappa shape index (κ1) is 22.9. The molecular formula is C26H25F3N2O2. The summed E-state index contributed by atoms with van der Waals surface area (Å²) in [5.74, 6) is 0.346. The molecule has 1 heterocycles. The number of ether oxygens (including phenoxy) is 1. The first-order valence-corrected chi connectivity index (χ1v) is 10.7. The lowest BCUT2D eigenvalue weighted by atomic mass is 10.0. The number of halogens is 3. The Kier molecular flexibility index (Phi) is 6.17. The number of carbonyl (C=O) groups excluding carboxylic acids is 1. The number of benzene rings is 1. The second-order valence-corrected chi connectivity index (χ2v) is 8.43. The van der Waals surface area contributed by atoms with Crippen molar-refractivity contribution >= 4 is 23.2 Å². The molecule has 1 aromatic rings. The zero-order valence-electron chi connectivity index (χ0n) is 18.7. The van der Waals surface area contributed by atoms with E-state index in [2.05, 4.69) is 10.2 Å². The van der Waals surface area contributed by atoms with E-state index >= 15 is 0 Å². The van der Waals surface area contributed by atoms with Crippen molar-refractivity contribution in [2.45, 2.75) is 19.5 Å². The van der Waals surface area contributed by atoms with E-state index in [9.17, 15) is 18.0 Å². The molecular weight excluding hydrogens is 429 g/mol. The third kappa shape index (κ3) is 4.73. The average Bonchev–Trinajstić information content (AvgIpc) is 3.11. The van der Waals surface area contributed by atoms with Crippen molar-refractivity contribution in [1.82, 2.24) is 4.90 Å². The number of anilines is 1. The minimum Gasteiger partial charge on any atom is -0.493 e. The molecule has 0 atom stereocenters. The maximum absolute atomic E-state index is 13.1. The van der Waals surface area contributed by atoms with Gasteiger partial charge in [0.05, 0.1) is 12.2 Å². The number of carbonyl (C=O) groups is 1. The maximum Gasteiger partial charge on any atom is 0.416 e. The third-order valence-electron chi connectivity index (χ3n) is 5.65. The molecule has 33 heavy (non-hydrogen) atoms. The van der Waals surface area contributed by atoms with Gasteiger partial charge in [0.15, 0.2) is 0 Å². The minimum absolute atomic E-state index is 0.170. The van der Waals surface area contributed by atoms with E-state index in [-0.39, 0.29) is 5.69 Å². The monoisotopic (exact) mass is 454 g/mol. The number of hydrogen-bond donors (Lipinski definition) is 1. The van der Waals surface area contributed by atoms with E-state index in [4.69, 9.17) is 4.74 Å². The Morgan fingerprint density at radius 2 is 1.82 bits per heavy atom. The third-order valence-corrected chi connectivity index (χ3v) is 5.65. The second kappa shape index (κ2) is 8.90. The van der Waals surface area contributed by atoms with Crippen LogP contribution in [0.5, 0.6) is 5.75 Å². The van der Waals surface area contributed by atoms with Gasteiger partial charge in [-0.05, 0) is 68.4 Å². The summed E-state index contributed by atoms with van der Waals surface area (Å²) in [6.07, 6.45) is -1.84. The van der Waals surface area contributed by atoms with E-state index in [1.807, 2.05) is 51.4 Å². The molecule has 0 saturated carbocycles. The van der Waals surface area contributed by atoms with Gasteiger partial charge < -0.3 is 15.0 Å². The SMILES string of the molecule is Cc1cc(/C=C2/C(=O)Nc3cc(C(F)(F)F)ccc32)c2ccccc(OCCCN(C)C)c1-2. The fourth-order valence-electron chi connectivity index (χ4n) is 4.10. The van der Waals surface area contributed by atoms with Crippen LogP contribution in [0.15, 0.2) is 48.5 Å². The van der Waals surface area contributed by atoms with Gasteiger partial charge in [-0.3, -0.25) is 4.79 Å². The van der Waals surface area contributed by atoms with Gasteiger partial charge in [0.1, 0.15) is 5.75 Å². The van der Waals surface area contributed by atoms with E-state index in [1.54, 1.807) is 6.08 Å². The molecule has 1 aliphatic heterocycles. The highest BCUT2D eigenvalue weighted by atomic mass is 19.4. The Hall–Kier alpha value is -3.32. The van der Waals surface area contributed by atoms with Crippen molar-refractivity contribution in [3.05, 3.63) is 70.8 Å². The normalized spacial score (nSPS) is 14.8. The van der Waals surface area contributed by atoms with Crippen molar-refractivity contribution < 1.29 is 22.7 Å². The van der Waals surface area contributed by atoms with Crippen molar-refractivity contribution in [2.24, 2.45) is 0 Å². The number of rotatable bonds is 6. The Morgan fingerprint density at radius 1 is 1.06 bits per heavy atom. The van der Waals surface area contributed by atoms with Gasteiger partial charge in [0.2, 0.25) is 0 Å². The average molecular weight is 454 g/mol. The van der Waals surface area contributed by atoms with Gasteiger partial charge >= 0.3 is 6.18 Å². The largest absolute Gasteiger partial charge is 0.493 e. The smallest absolute Gasteiger partial charge is 0.416 e. The van der Waals surface area contributed by atoms with E-state index < -0.39 is 17.6 Å². The Morgan fingerprint density at radius 3 is 2.55 bits per heavy atom. The molecule has 0 unspecified atom stereocenters. The van der Waals surface area contributed by atoms with Gasteiger partial charge in [-0.15, -0.1) is 0 Å². The molecule has 172 valence electrons. The number of aryl methyl sites for hydroxylation is 1. The quantitative estimate of drug-likeness (QED) is 0.370. The van der Waals surface area contributed by atoms with E-state index in [1.165, 1.54) is 6.07 Å². The van der Waals surface area contributed by atoms with Crippen molar-refractivity contribution in [3.63, 3.8) is 0 Å². The van der Waals surface area contributed by atoms with Gasteiger partial charge in [0, 0.05) is 28.9 Å². The second-order valence-electron chi connectivity index (χ2n) is 8.43. The van der Waals surface area contributed by atoms with Gasteiger partial charge in [-0.2, -0.15) is 13.2 Å². The molecule has 3 aliphatic rings. The molecule has 0 fully saturated rings. The van der Waals surface area contributed by atoms with Crippen LogP contribution in [0, 0.1) is 6.92 Å². The van der Waals surface area contributed by atoms with Crippen LogP contribution < -0.4 is 10.1 Å². The molecule has 2 aliphatic carbocycles.